The maximum Gasteiger partial charge on any atom is 0.240 e. The molecular formula is C9H16N3O4. The zero-order valence-electron chi connectivity index (χ0n) is 8.97. The van der Waals surface area contributed by atoms with Gasteiger partial charge in [-0.25, -0.2) is 0 Å². The van der Waals surface area contributed by atoms with Crippen molar-refractivity contribution in [1.82, 2.24) is 5.32 Å². The summed E-state index contributed by atoms with van der Waals surface area (Å²) >= 11 is 0. The summed E-state index contributed by atoms with van der Waals surface area (Å²) in [6.45, 7) is 1.35. The van der Waals surface area contributed by atoms with Crippen molar-refractivity contribution in [2.45, 2.75) is 38.0 Å². The molecule has 0 aliphatic carbocycles. The molecule has 2 amide bonds. The molecule has 0 aromatic rings. The van der Waals surface area contributed by atoms with Crippen molar-refractivity contribution in [3.05, 3.63) is 0 Å². The van der Waals surface area contributed by atoms with Gasteiger partial charge in [-0.2, -0.15) is 0 Å². The van der Waals surface area contributed by atoms with Gasteiger partial charge in [0.05, 0.1) is 12.1 Å². The van der Waals surface area contributed by atoms with E-state index >= 15 is 0 Å². The van der Waals surface area contributed by atoms with Crippen LogP contribution in [-0.2, 0) is 14.4 Å². The molecule has 0 rings (SSSR count). The van der Waals surface area contributed by atoms with Gasteiger partial charge in [-0.15, -0.1) is 0 Å². The molecule has 1 radical (unpaired) electrons. The second-order valence-corrected chi connectivity index (χ2v) is 3.45. The summed E-state index contributed by atoms with van der Waals surface area (Å²) in [4.78, 5) is 32.2. The Labute approximate surface area is 93.2 Å². The van der Waals surface area contributed by atoms with Gasteiger partial charge in [0.2, 0.25) is 18.1 Å². The Kier molecular flexibility index (Phi) is 6.28. The highest BCUT2D eigenvalue weighted by Gasteiger charge is 2.22. The SMILES string of the molecule is CC(O)C(N)C(=O)NC([C]=O)CCC(N)=O. The fourth-order valence-electron chi connectivity index (χ4n) is 0.934. The van der Waals surface area contributed by atoms with E-state index in [1.54, 1.807) is 6.29 Å². The summed E-state index contributed by atoms with van der Waals surface area (Å²) in [5.41, 5.74) is 10.2. The van der Waals surface area contributed by atoms with Gasteiger partial charge in [-0.1, -0.05) is 0 Å². The lowest BCUT2D eigenvalue weighted by Crippen LogP contribution is -2.50. The van der Waals surface area contributed by atoms with E-state index in [0.29, 0.717) is 0 Å². The van der Waals surface area contributed by atoms with E-state index in [9.17, 15) is 14.4 Å². The maximum atomic E-state index is 11.3. The smallest absolute Gasteiger partial charge is 0.240 e. The number of aliphatic hydroxyl groups excluding tert-OH is 1. The molecule has 0 saturated heterocycles. The molecule has 3 unspecified atom stereocenters. The molecule has 6 N–H and O–H groups in total. The van der Waals surface area contributed by atoms with Crippen molar-refractivity contribution in [3.8, 4) is 0 Å². The largest absolute Gasteiger partial charge is 0.391 e. The molecule has 16 heavy (non-hydrogen) atoms. The first kappa shape index (κ1) is 14.5. The number of rotatable bonds is 7. The van der Waals surface area contributed by atoms with Gasteiger partial charge in [0.1, 0.15) is 6.04 Å². The fraction of sp³-hybridized carbons (Fsp3) is 0.667. The number of carbonyl (C=O) groups is 2. The van der Waals surface area contributed by atoms with Crippen molar-refractivity contribution >= 4 is 18.1 Å². The standard InChI is InChI=1S/C9H16N3O4/c1-5(14)8(11)9(16)12-6(4-13)2-3-7(10)15/h5-6,8,14H,2-3,11H2,1H3,(H2,10,15)(H,12,16). The average Bonchev–Trinajstić information content (AvgIpc) is 2.22. The van der Waals surface area contributed by atoms with Crippen LogP contribution in [0.3, 0.4) is 0 Å². The van der Waals surface area contributed by atoms with Crippen LogP contribution in [-0.4, -0.2) is 41.4 Å². The fourth-order valence-corrected chi connectivity index (χ4v) is 0.934. The highest BCUT2D eigenvalue weighted by Crippen LogP contribution is 1.96. The molecule has 7 nitrogen and oxygen atoms in total. The number of amides is 2. The second kappa shape index (κ2) is 6.91. The highest BCUT2D eigenvalue weighted by atomic mass is 16.3. The monoisotopic (exact) mass is 230 g/mol. The molecule has 0 heterocycles. The first-order valence-corrected chi connectivity index (χ1v) is 4.78. The van der Waals surface area contributed by atoms with Crippen molar-refractivity contribution in [1.29, 1.82) is 0 Å². The molecule has 3 atom stereocenters. The Morgan fingerprint density at radius 2 is 2.06 bits per heavy atom. The van der Waals surface area contributed by atoms with Crippen LogP contribution >= 0.6 is 0 Å². The van der Waals surface area contributed by atoms with Crippen LogP contribution < -0.4 is 16.8 Å². The number of carbonyl (C=O) groups excluding carboxylic acids is 3. The zero-order chi connectivity index (χ0) is 12.7. The van der Waals surface area contributed by atoms with Crippen LogP contribution in [0.25, 0.3) is 0 Å². The summed E-state index contributed by atoms with van der Waals surface area (Å²) in [5.74, 6) is -1.25. The van der Waals surface area contributed by atoms with Crippen molar-refractivity contribution in [2.75, 3.05) is 0 Å². The average molecular weight is 230 g/mol. The van der Waals surface area contributed by atoms with Gasteiger partial charge in [-0.05, 0) is 13.3 Å². The molecule has 0 aromatic heterocycles. The van der Waals surface area contributed by atoms with Crippen LogP contribution in [0.1, 0.15) is 19.8 Å². The zero-order valence-corrected chi connectivity index (χ0v) is 8.97. The molecule has 0 aliphatic rings. The Morgan fingerprint density at radius 3 is 2.44 bits per heavy atom. The summed E-state index contributed by atoms with van der Waals surface area (Å²) in [6, 6.07) is -2.06. The molecule has 0 bridgehead atoms. The Bertz CT molecular complexity index is 267. The summed E-state index contributed by atoms with van der Waals surface area (Å²) in [7, 11) is 0. The minimum atomic E-state index is -1.12. The van der Waals surface area contributed by atoms with Crippen LogP contribution in [0, 0.1) is 0 Å². The van der Waals surface area contributed by atoms with E-state index in [4.69, 9.17) is 16.6 Å². The van der Waals surface area contributed by atoms with E-state index in [2.05, 4.69) is 5.32 Å². The van der Waals surface area contributed by atoms with E-state index in [1.807, 2.05) is 0 Å². The van der Waals surface area contributed by atoms with Crippen LogP contribution in [0.4, 0.5) is 0 Å². The predicted molar refractivity (Wildman–Crippen MR) is 55.7 cm³/mol. The Balaban J connectivity index is 4.16. The first-order chi connectivity index (χ1) is 7.38. The van der Waals surface area contributed by atoms with E-state index < -0.39 is 30.0 Å². The van der Waals surface area contributed by atoms with Crippen LogP contribution in [0.5, 0.6) is 0 Å². The summed E-state index contributed by atoms with van der Waals surface area (Å²) in [5, 5.41) is 11.3. The van der Waals surface area contributed by atoms with Crippen molar-refractivity contribution < 1.29 is 19.5 Å². The van der Waals surface area contributed by atoms with Crippen LogP contribution in [0.15, 0.2) is 0 Å². The third kappa shape index (κ3) is 5.42. The molecule has 0 aliphatic heterocycles. The number of nitrogens with two attached hydrogens (primary N) is 2. The lowest BCUT2D eigenvalue weighted by molar-refractivity contribution is -0.125. The number of hydrogen-bond donors (Lipinski definition) is 4. The van der Waals surface area contributed by atoms with E-state index in [1.165, 1.54) is 6.92 Å². The molecule has 0 aromatic carbocycles. The van der Waals surface area contributed by atoms with E-state index in [0.717, 1.165) is 0 Å². The number of aliphatic hydroxyl groups is 1. The Hall–Kier alpha value is -1.47. The molecule has 91 valence electrons. The second-order valence-electron chi connectivity index (χ2n) is 3.45. The molecule has 0 fully saturated rings. The van der Waals surface area contributed by atoms with Crippen molar-refractivity contribution in [2.24, 2.45) is 11.5 Å². The lowest BCUT2D eigenvalue weighted by Gasteiger charge is -2.17. The van der Waals surface area contributed by atoms with Gasteiger partial charge in [0, 0.05) is 6.42 Å². The first-order valence-electron chi connectivity index (χ1n) is 4.78. The maximum absolute atomic E-state index is 11.3. The summed E-state index contributed by atoms with van der Waals surface area (Å²) < 4.78 is 0. The third-order valence-electron chi connectivity index (χ3n) is 1.96. The molecule has 7 heteroatoms. The highest BCUT2D eigenvalue weighted by molar-refractivity contribution is 5.85. The van der Waals surface area contributed by atoms with E-state index in [-0.39, 0.29) is 12.8 Å². The number of hydrogen-bond acceptors (Lipinski definition) is 5. The number of primary amides is 1. The van der Waals surface area contributed by atoms with Crippen LogP contribution in [0.2, 0.25) is 0 Å². The lowest BCUT2D eigenvalue weighted by atomic mass is 10.1. The molecule has 0 spiro atoms. The molecule has 0 saturated carbocycles. The Morgan fingerprint density at radius 1 is 1.50 bits per heavy atom. The van der Waals surface area contributed by atoms with Gasteiger partial charge in [-0.3, -0.25) is 14.4 Å². The minimum absolute atomic E-state index is 0.0376. The quantitative estimate of drug-likeness (QED) is 0.385. The minimum Gasteiger partial charge on any atom is -0.391 e. The third-order valence-corrected chi connectivity index (χ3v) is 1.96. The number of nitrogens with one attached hydrogen (secondary N) is 1. The normalized spacial score (nSPS) is 15.9. The van der Waals surface area contributed by atoms with Crippen molar-refractivity contribution in [3.63, 3.8) is 0 Å². The van der Waals surface area contributed by atoms with Gasteiger partial charge in [0.15, 0.2) is 0 Å². The topological polar surface area (TPSA) is 136 Å². The summed E-state index contributed by atoms with van der Waals surface area (Å²) in [6.07, 6.45) is 0.560. The predicted octanol–water partition coefficient (Wildman–Crippen LogP) is -2.45. The van der Waals surface area contributed by atoms with Gasteiger partial charge < -0.3 is 21.9 Å². The van der Waals surface area contributed by atoms with Gasteiger partial charge in [0.25, 0.3) is 0 Å². The molecular weight excluding hydrogens is 214 g/mol. The van der Waals surface area contributed by atoms with Gasteiger partial charge >= 0.3 is 0 Å².